The van der Waals surface area contributed by atoms with Crippen molar-refractivity contribution in [2.75, 3.05) is 5.32 Å². The molecule has 2 amide bonds. The topological polar surface area (TPSA) is 80.3 Å². The number of benzene rings is 2. The van der Waals surface area contributed by atoms with E-state index in [9.17, 15) is 9.59 Å². The fourth-order valence-corrected chi connectivity index (χ4v) is 3.30. The van der Waals surface area contributed by atoms with Gasteiger partial charge in [-0.05, 0) is 61.7 Å². The fraction of sp³-hybridized carbons (Fsp3) is 0.227. The van der Waals surface area contributed by atoms with Gasteiger partial charge in [0.05, 0.1) is 11.2 Å². The van der Waals surface area contributed by atoms with E-state index in [2.05, 4.69) is 15.6 Å². The molecule has 1 heterocycles. The number of nitrogens with zero attached hydrogens (tertiary/aromatic N) is 1. The van der Waals surface area contributed by atoms with Gasteiger partial charge in [0.1, 0.15) is 12.4 Å². The SMILES string of the molecule is Cc1ccc(C(=O)NC2CC2)cc1NC(=O)c1ccc(OCc2cscn2)cc1. The van der Waals surface area contributed by atoms with E-state index < -0.39 is 0 Å². The quantitative estimate of drug-likeness (QED) is 0.616. The van der Waals surface area contributed by atoms with Crippen molar-refractivity contribution in [3.63, 3.8) is 0 Å². The molecule has 2 aromatic carbocycles. The summed E-state index contributed by atoms with van der Waals surface area (Å²) in [5, 5.41) is 7.79. The van der Waals surface area contributed by atoms with Crippen LogP contribution < -0.4 is 15.4 Å². The zero-order chi connectivity index (χ0) is 20.2. The highest BCUT2D eigenvalue weighted by Gasteiger charge is 2.24. The van der Waals surface area contributed by atoms with Crippen LogP contribution in [0.25, 0.3) is 0 Å². The van der Waals surface area contributed by atoms with Crippen LogP contribution in [0.3, 0.4) is 0 Å². The van der Waals surface area contributed by atoms with E-state index in [1.807, 2.05) is 18.4 Å². The minimum Gasteiger partial charge on any atom is -0.487 e. The largest absolute Gasteiger partial charge is 0.487 e. The number of nitrogens with one attached hydrogen (secondary N) is 2. The second-order valence-corrected chi connectivity index (χ2v) is 7.74. The van der Waals surface area contributed by atoms with Gasteiger partial charge >= 0.3 is 0 Å². The number of amides is 2. The Morgan fingerprint density at radius 1 is 1.10 bits per heavy atom. The van der Waals surface area contributed by atoms with Gasteiger partial charge in [0.25, 0.3) is 11.8 Å². The number of hydrogen-bond donors (Lipinski definition) is 2. The van der Waals surface area contributed by atoms with Gasteiger partial charge in [-0.2, -0.15) is 0 Å². The average Bonchev–Trinajstić information content (AvgIpc) is 3.38. The maximum atomic E-state index is 12.6. The highest BCUT2D eigenvalue weighted by molar-refractivity contribution is 7.07. The van der Waals surface area contributed by atoms with Gasteiger partial charge in [0, 0.05) is 28.2 Å². The molecule has 2 N–H and O–H groups in total. The zero-order valence-corrected chi connectivity index (χ0v) is 16.8. The van der Waals surface area contributed by atoms with E-state index in [1.165, 1.54) is 11.3 Å². The Labute approximate surface area is 172 Å². The minimum atomic E-state index is -0.237. The summed E-state index contributed by atoms with van der Waals surface area (Å²) in [6, 6.07) is 12.6. The summed E-state index contributed by atoms with van der Waals surface area (Å²) in [5.41, 5.74) is 5.21. The number of carbonyl (C=O) groups excluding carboxylic acids is 2. The molecule has 1 saturated carbocycles. The third-order valence-electron chi connectivity index (χ3n) is 4.65. The molecule has 0 spiro atoms. The predicted octanol–water partition coefficient (Wildman–Crippen LogP) is 4.18. The average molecular weight is 407 g/mol. The van der Waals surface area contributed by atoms with Crippen LogP contribution in [0.15, 0.2) is 53.4 Å². The van der Waals surface area contributed by atoms with Crippen molar-refractivity contribution < 1.29 is 14.3 Å². The molecule has 1 fully saturated rings. The van der Waals surface area contributed by atoms with Crippen molar-refractivity contribution in [2.45, 2.75) is 32.4 Å². The molecule has 0 radical (unpaired) electrons. The molecule has 0 bridgehead atoms. The van der Waals surface area contributed by atoms with Gasteiger partial charge < -0.3 is 15.4 Å². The molecule has 0 atom stereocenters. The number of aromatic nitrogens is 1. The number of anilines is 1. The summed E-state index contributed by atoms with van der Waals surface area (Å²) in [6.45, 7) is 2.29. The molecule has 1 aliphatic rings. The first-order valence-electron chi connectivity index (χ1n) is 9.41. The first-order valence-corrected chi connectivity index (χ1v) is 10.4. The van der Waals surface area contributed by atoms with Crippen molar-refractivity contribution in [3.8, 4) is 5.75 Å². The number of rotatable bonds is 7. The molecule has 0 saturated heterocycles. The predicted molar refractivity (Wildman–Crippen MR) is 113 cm³/mol. The third-order valence-corrected chi connectivity index (χ3v) is 5.28. The molecule has 1 aliphatic carbocycles. The Bertz CT molecular complexity index is 1010. The Kier molecular flexibility index (Phi) is 5.57. The van der Waals surface area contributed by atoms with Crippen LogP contribution in [0.1, 0.15) is 44.8 Å². The summed E-state index contributed by atoms with van der Waals surface area (Å²) < 4.78 is 5.67. The molecule has 6 nitrogen and oxygen atoms in total. The van der Waals surface area contributed by atoms with Gasteiger partial charge in [-0.25, -0.2) is 4.98 Å². The van der Waals surface area contributed by atoms with Gasteiger partial charge in [0.2, 0.25) is 0 Å². The summed E-state index contributed by atoms with van der Waals surface area (Å²) in [7, 11) is 0. The van der Waals surface area contributed by atoms with E-state index in [4.69, 9.17) is 4.74 Å². The van der Waals surface area contributed by atoms with Gasteiger partial charge in [0.15, 0.2) is 0 Å². The highest BCUT2D eigenvalue weighted by atomic mass is 32.1. The summed E-state index contributed by atoms with van der Waals surface area (Å²) in [4.78, 5) is 29.1. The number of hydrogen-bond acceptors (Lipinski definition) is 5. The van der Waals surface area contributed by atoms with Crippen molar-refractivity contribution in [1.29, 1.82) is 0 Å². The van der Waals surface area contributed by atoms with Gasteiger partial charge in [-0.1, -0.05) is 6.07 Å². The van der Waals surface area contributed by atoms with Crippen LogP contribution >= 0.6 is 11.3 Å². The van der Waals surface area contributed by atoms with E-state index in [0.29, 0.717) is 29.2 Å². The van der Waals surface area contributed by atoms with Crippen molar-refractivity contribution in [1.82, 2.24) is 10.3 Å². The molecule has 7 heteroatoms. The molecule has 4 rings (SSSR count). The molecule has 29 heavy (non-hydrogen) atoms. The van der Waals surface area contributed by atoms with Gasteiger partial charge in [-0.15, -0.1) is 11.3 Å². The Morgan fingerprint density at radius 2 is 1.86 bits per heavy atom. The normalized spacial score (nSPS) is 13.0. The maximum absolute atomic E-state index is 12.6. The summed E-state index contributed by atoms with van der Waals surface area (Å²) in [5.74, 6) is 0.327. The first kappa shape index (κ1) is 19.1. The van der Waals surface area contributed by atoms with Crippen LogP contribution in [0.5, 0.6) is 5.75 Å². The van der Waals surface area contributed by atoms with Crippen LogP contribution in [-0.2, 0) is 6.61 Å². The smallest absolute Gasteiger partial charge is 0.255 e. The summed E-state index contributed by atoms with van der Waals surface area (Å²) in [6.07, 6.45) is 2.06. The number of carbonyl (C=O) groups is 2. The van der Waals surface area contributed by atoms with Crippen molar-refractivity contribution in [3.05, 3.63) is 75.7 Å². The lowest BCUT2D eigenvalue weighted by Crippen LogP contribution is -2.25. The fourth-order valence-electron chi connectivity index (χ4n) is 2.76. The second kappa shape index (κ2) is 8.45. The lowest BCUT2D eigenvalue weighted by molar-refractivity contribution is 0.0949. The zero-order valence-electron chi connectivity index (χ0n) is 16.0. The summed E-state index contributed by atoms with van der Waals surface area (Å²) >= 11 is 1.52. The number of thiazole rings is 1. The van der Waals surface area contributed by atoms with Crippen molar-refractivity contribution in [2.24, 2.45) is 0 Å². The van der Waals surface area contributed by atoms with Crippen LogP contribution in [0, 0.1) is 6.92 Å². The van der Waals surface area contributed by atoms with E-state index in [0.717, 1.165) is 24.1 Å². The Balaban J connectivity index is 1.39. The minimum absolute atomic E-state index is 0.107. The Hall–Kier alpha value is -3.19. The lowest BCUT2D eigenvalue weighted by Gasteiger charge is -2.11. The molecular formula is C22H21N3O3S. The molecule has 1 aromatic heterocycles. The van der Waals surface area contributed by atoms with E-state index in [-0.39, 0.29) is 17.9 Å². The van der Waals surface area contributed by atoms with E-state index in [1.54, 1.807) is 41.9 Å². The monoisotopic (exact) mass is 407 g/mol. The molecule has 148 valence electrons. The third kappa shape index (κ3) is 5.00. The van der Waals surface area contributed by atoms with Crippen LogP contribution in [0.4, 0.5) is 5.69 Å². The second-order valence-electron chi connectivity index (χ2n) is 7.02. The maximum Gasteiger partial charge on any atom is 0.255 e. The number of ether oxygens (including phenoxy) is 1. The lowest BCUT2D eigenvalue weighted by atomic mass is 10.1. The molecule has 3 aromatic rings. The number of aryl methyl sites for hydroxylation is 1. The molecule has 0 aliphatic heterocycles. The first-order chi connectivity index (χ1) is 14.1. The van der Waals surface area contributed by atoms with Crippen molar-refractivity contribution >= 4 is 28.8 Å². The highest BCUT2D eigenvalue weighted by Crippen LogP contribution is 2.22. The van der Waals surface area contributed by atoms with Gasteiger partial charge in [-0.3, -0.25) is 9.59 Å². The molecule has 0 unspecified atom stereocenters. The van der Waals surface area contributed by atoms with Crippen LogP contribution in [-0.4, -0.2) is 22.8 Å². The van der Waals surface area contributed by atoms with E-state index >= 15 is 0 Å². The standard InChI is InChI=1S/C22H21N3O3S/c1-14-2-3-16(22(27)24-17-6-7-17)10-20(14)25-21(26)15-4-8-19(9-5-15)28-11-18-12-29-13-23-18/h2-5,8-10,12-13,17H,6-7,11H2,1H3,(H,24,27)(H,25,26). The van der Waals surface area contributed by atoms with Crippen LogP contribution in [0.2, 0.25) is 0 Å². The molecular weight excluding hydrogens is 386 g/mol. The Morgan fingerprint density at radius 3 is 2.55 bits per heavy atom.